The van der Waals surface area contributed by atoms with Gasteiger partial charge in [0.05, 0.1) is 40.6 Å². The summed E-state index contributed by atoms with van der Waals surface area (Å²) in [5.41, 5.74) is 4.10. The van der Waals surface area contributed by atoms with Gasteiger partial charge < -0.3 is 9.47 Å². The maximum atomic E-state index is 12.4. The van der Waals surface area contributed by atoms with Crippen molar-refractivity contribution in [2.45, 2.75) is 44.4 Å². The van der Waals surface area contributed by atoms with Crippen LogP contribution in [-0.2, 0) is 16.4 Å². The lowest BCUT2D eigenvalue weighted by molar-refractivity contribution is 0.578. The van der Waals surface area contributed by atoms with Crippen LogP contribution in [0.1, 0.15) is 44.1 Å². The van der Waals surface area contributed by atoms with Crippen molar-refractivity contribution in [3.05, 3.63) is 48.3 Å². The quantitative estimate of drug-likeness (QED) is 0.409. The van der Waals surface area contributed by atoms with E-state index in [4.69, 9.17) is 4.98 Å². The first-order valence-corrected chi connectivity index (χ1v) is 12.4. The minimum atomic E-state index is -3.42. The smallest absolute Gasteiger partial charge is 0.256 e. The lowest BCUT2D eigenvalue weighted by atomic mass is 10.2. The Labute approximate surface area is 192 Å². The molecule has 0 unspecified atom stereocenters. The molecule has 5 rings (SSSR count). The van der Waals surface area contributed by atoms with Crippen LogP contribution in [0.15, 0.2) is 36.9 Å². The first-order valence-electron chi connectivity index (χ1n) is 10.9. The summed E-state index contributed by atoms with van der Waals surface area (Å²) in [6.07, 6.45) is 8.34. The first-order chi connectivity index (χ1) is 15.7. The van der Waals surface area contributed by atoms with Crippen molar-refractivity contribution in [2.75, 3.05) is 19.0 Å². The predicted molar refractivity (Wildman–Crippen MR) is 126 cm³/mol. The van der Waals surface area contributed by atoms with Crippen LogP contribution < -0.4 is 4.90 Å². The van der Waals surface area contributed by atoms with Crippen LogP contribution >= 0.6 is 0 Å². The van der Waals surface area contributed by atoms with Crippen molar-refractivity contribution < 1.29 is 8.42 Å². The minimum Gasteiger partial charge on any atom is -0.348 e. The SMILES string of the molecule is CC(C)n1c(N(C)C)nc2cnc(Cc3ccnc(-c4cnn(S(=O)(=O)C5CC5)c4)n3)cc21. The van der Waals surface area contributed by atoms with Gasteiger partial charge in [-0.25, -0.2) is 23.4 Å². The largest absolute Gasteiger partial charge is 0.348 e. The average Bonchev–Trinajstić information content (AvgIpc) is 3.39. The Morgan fingerprint density at radius 1 is 1.12 bits per heavy atom. The number of pyridine rings is 1. The topological polar surface area (TPSA) is 112 Å². The van der Waals surface area contributed by atoms with E-state index in [2.05, 4.69) is 44.5 Å². The zero-order chi connectivity index (χ0) is 23.3. The molecule has 1 fully saturated rings. The molecule has 0 spiro atoms. The Kier molecular flexibility index (Phi) is 5.15. The summed E-state index contributed by atoms with van der Waals surface area (Å²) in [6.45, 7) is 4.27. The zero-order valence-electron chi connectivity index (χ0n) is 19.0. The first kappa shape index (κ1) is 21.5. The van der Waals surface area contributed by atoms with Gasteiger partial charge in [-0.1, -0.05) is 0 Å². The number of hydrogen-bond donors (Lipinski definition) is 0. The van der Waals surface area contributed by atoms with E-state index in [1.54, 1.807) is 12.4 Å². The van der Waals surface area contributed by atoms with E-state index in [0.29, 0.717) is 30.7 Å². The Balaban J connectivity index is 1.44. The van der Waals surface area contributed by atoms with Crippen LogP contribution in [0.3, 0.4) is 0 Å². The Morgan fingerprint density at radius 3 is 2.61 bits per heavy atom. The molecule has 33 heavy (non-hydrogen) atoms. The van der Waals surface area contributed by atoms with Crippen molar-refractivity contribution in [3.8, 4) is 11.4 Å². The van der Waals surface area contributed by atoms with Gasteiger partial charge >= 0.3 is 0 Å². The number of hydrogen-bond acceptors (Lipinski definition) is 8. The summed E-state index contributed by atoms with van der Waals surface area (Å²) in [7, 11) is 0.543. The number of imidazole rings is 1. The average molecular weight is 467 g/mol. The van der Waals surface area contributed by atoms with Gasteiger partial charge in [-0.15, -0.1) is 0 Å². The molecule has 10 nitrogen and oxygen atoms in total. The molecule has 0 bridgehead atoms. The second kappa shape index (κ2) is 7.91. The maximum Gasteiger partial charge on any atom is 0.256 e. The predicted octanol–water partition coefficient (Wildman–Crippen LogP) is 2.66. The summed E-state index contributed by atoms with van der Waals surface area (Å²) in [5.74, 6) is 1.33. The number of nitrogens with zero attached hydrogens (tertiary/aromatic N) is 8. The van der Waals surface area contributed by atoms with E-state index in [9.17, 15) is 8.42 Å². The Bertz CT molecular complexity index is 1430. The molecule has 0 amide bonds. The van der Waals surface area contributed by atoms with Gasteiger partial charge in [0.1, 0.15) is 5.52 Å². The fourth-order valence-corrected chi connectivity index (χ4v) is 5.32. The van der Waals surface area contributed by atoms with E-state index >= 15 is 0 Å². The molecule has 0 atom stereocenters. The zero-order valence-corrected chi connectivity index (χ0v) is 19.9. The van der Waals surface area contributed by atoms with Gasteiger partial charge in [0, 0.05) is 38.4 Å². The molecule has 4 aromatic heterocycles. The lowest BCUT2D eigenvalue weighted by Gasteiger charge is -2.17. The van der Waals surface area contributed by atoms with Crippen molar-refractivity contribution in [1.82, 2.24) is 33.7 Å². The van der Waals surface area contributed by atoms with Gasteiger partial charge in [-0.3, -0.25) is 4.98 Å². The van der Waals surface area contributed by atoms with Gasteiger partial charge in [-0.2, -0.15) is 9.19 Å². The Morgan fingerprint density at radius 2 is 1.91 bits per heavy atom. The molecule has 4 aromatic rings. The molecule has 11 heteroatoms. The van der Waals surface area contributed by atoms with Crippen molar-refractivity contribution in [2.24, 2.45) is 0 Å². The molecule has 0 aromatic carbocycles. The van der Waals surface area contributed by atoms with E-state index in [0.717, 1.165) is 32.5 Å². The molecule has 1 saturated carbocycles. The molecular formula is C22H26N8O2S. The monoisotopic (exact) mass is 466 g/mol. The highest BCUT2D eigenvalue weighted by molar-refractivity contribution is 7.90. The summed E-state index contributed by atoms with van der Waals surface area (Å²) in [6, 6.07) is 4.14. The molecule has 172 valence electrons. The van der Waals surface area contributed by atoms with Crippen molar-refractivity contribution >= 4 is 27.0 Å². The lowest BCUT2D eigenvalue weighted by Crippen LogP contribution is -2.17. The van der Waals surface area contributed by atoms with Crippen LogP contribution in [0.25, 0.3) is 22.4 Å². The highest BCUT2D eigenvalue weighted by Gasteiger charge is 2.37. The van der Waals surface area contributed by atoms with Crippen molar-refractivity contribution in [1.29, 1.82) is 0 Å². The van der Waals surface area contributed by atoms with Gasteiger partial charge in [-0.05, 0) is 38.8 Å². The van der Waals surface area contributed by atoms with Gasteiger partial charge in [0.25, 0.3) is 10.0 Å². The van der Waals surface area contributed by atoms with E-state index in [1.165, 1.54) is 12.4 Å². The third-order valence-electron chi connectivity index (χ3n) is 5.63. The molecule has 4 heterocycles. The standard InChI is InChI=1S/C22H26N8O2S/c1-14(2)30-20-10-17(24-12-19(20)27-22(30)28(3)4)9-16-7-8-23-21(26-16)15-11-25-29(13-15)33(31,32)18-5-6-18/h7-8,10-14,18H,5-6,9H2,1-4H3. The molecular weight excluding hydrogens is 440 g/mol. The third kappa shape index (κ3) is 3.97. The van der Waals surface area contributed by atoms with Crippen molar-refractivity contribution in [3.63, 3.8) is 0 Å². The Hall–Kier alpha value is -3.34. The van der Waals surface area contributed by atoms with Gasteiger partial charge in [0.15, 0.2) is 5.82 Å². The number of rotatable bonds is 7. The van der Waals surface area contributed by atoms with Gasteiger partial charge in [0.2, 0.25) is 5.95 Å². The summed E-state index contributed by atoms with van der Waals surface area (Å²) in [4.78, 5) is 20.3. The molecule has 0 aliphatic heterocycles. The fourth-order valence-electron chi connectivity index (χ4n) is 3.85. The normalized spacial score (nSPS) is 14.3. The van der Waals surface area contributed by atoms with Crippen LogP contribution in [0, 0.1) is 0 Å². The van der Waals surface area contributed by atoms with E-state index in [1.807, 2.05) is 25.1 Å². The number of aromatic nitrogens is 7. The molecule has 0 saturated heterocycles. The van der Waals surface area contributed by atoms with Crippen LogP contribution in [0.2, 0.25) is 0 Å². The van der Waals surface area contributed by atoms with E-state index in [-0.39, 0.29) is 11.3 Å². The molecule has 1 aliphatic rings. The summed E-state index contributed by atoms with van der Waals surface area (Å²) < 4.78 is 28.1. The third-order valence-corrected chi connectivity index (χ3v) is 7.67. The molecule has 0 N–H and O–H groups in total. The van der Waals surface area contributed by atoms with Crippen LogP contribution in [0.5, 0.6) is 0 Å². The molecule has 0 radical (unpaired) electrons. The summed E-state index contributed by atoms with van der Waals surface area (Å²) in [5, 5.41) is 3.71. The molecule has 1 aliphatic carbocycles. The van der Waals surface area contributed by atoms with Crippen LogP contribution in [-0.4, -0.2) is 61.5 Å². The maximum absolute atomic E-state index is 12.4. The van der Waals surface area contributed by atoms with E-state index < -0.39 is 10.0 Å². The number of anilines is 1. The van der Waals surface area contributed by atoms with Crippen LogP contribution in [0.4, 0.5) is 5.95 Å². The fraction of sp³-hybridized carbons (Fsp3) is 0.409. The highest BCUT2D eigenvalue weighted by Crippen LogP contribution is 2.30. The summed E-state index contributed by atoms with van der Waals surface area (Å²) >= 11 is 0. The minimum absolute atomic E-state index is 0.247. The second-order valence-corrected chi connectivity index (χ2v) is 10.9. The highest BCUT2D eigenvalue weighted by atomic mass is 32.2. The number of fused-ring (bicyclic) bond motifs is 1. The second-order valence-electron chi connectivity index (χ2n) is 8.83.